The summed E-state index contributed by atoms with van der Waals surface area (Å²) in [7, 11) is 0. The third-order valence-corrected chi connectivity index (χ3v) is 5.89. The van der Waals surface area contributed by atoms with Gasteiger partial charge in [0, 0.05) is 6.61 Å². The van der Waals surface area contributed by atoms with Crippen LogP contribution in [0.2, 0.25) is 0 Å². The number of hydrogen-bond donors (Lipinski definition) is 1. The van der Waals surface area contributed by atoms with E-state index in [4.69, 9.17) is 4.74 Å². The smallest absolute Gasteiger partial charge is 0.0629 e. The van der Waals surface area contributed by atoms with Gasteiger partial charge in [-0.05, 0) is 89.7 Å². The lowest BCUT2D eigenvalue weighted by atomic mass is 9.75. The van der Waals surface area contributed by atoms with Gasteiger partial charge in [-0.25, -0.2) is 0 Å². The second-order valence-electron chi connectivity index (χ2n) is 8.30. The van der Waals surface area contributed by atoms with Crippen LogP contribution in [0.25, 0.3) is 0 Å². The quantitative estimate of drug-likeness (QED) is 0.580. The Bertz CT molecular complexity index is 484. The van der Waals surface area contributed by atoms with Crippen molar-refractivity contribution >= 4 is 0 Å². The van der Waals surface area contributed by atoms with Gasteiger partial charge in [0.05, 0.1) is 5.60 Å². The first-order valence-corrected chi connectivity index (χ1v) is 10.7. The first-order chi connectivity index (χ1) is 12.6. The molecule has 1 fully saturated rings. The topological polar surface area (TPSA) is 24.5 Å². The average molecular weight is 361 g/mol. The lowest BCUT2D eigenvalue weighted by Gasteiger charge is -2.39. The zero-order valence-corrected chi connectivity index (χ0v) is 17.5. The zero-order valence-electron chi connectivity index (χ0n) is 17.5. The summed E-state index contributed by atoms with van der Waals surface area (Å²) in [4.78, 5) is 2.50. The summed E-state index contributed by atoms with van der Waals surface area (Å²) in [5, 5.41) is 3.69. The van der Waals surface area contributed by atoms with Crippen LogP contribution in [0.15, 0.2) is 30.3 Å². The summed E-state index contributed by atoms with van der Waals surface area (Å²) in [6.07, 6.45) is 4.80. The third-order valence-electron chi connectivity index (χ3n) is 5.89. The highest BCUT2D eigenvalue weighted by Gasteiger charge is 2.33. The van der Waals surface area contributed by atoms with Gasteiger partial charge in [0.1, 0.15) is 0 Å². The van der Waals surface area contributed by atoms with Gasteiger partial charge < -0.3 is 15.0 Å². The summed E-state index contributed by atoms with van der Waals surface area (Å²) in [6, 6.07) is 11.1. The SMILES string of the molecule is CCN(CC)CCCNCC[C@H](c1ccccc1)[C@@H]1CCOC(C)(C)C1. The van der Waals surface area contributed by atoms with Crippen molar-refractivity contribution in [2.45, 2.75) is 64.9 Å². The van der Waals surface area contributed by atoms with Gasteiger partial charge >= 0.3 is 0 Å². The number of benzene rings is 1. The molecule has 0 aliphatic carbocycles. The van der Waals surface area contributed by atoms with Crippen LogP contribution in [-0.2, 0) is 4.74 Å². The molecule has 2 rings (SSSR count). The fraction of sp³-hybridized carbons (Fsp3) is 0.739. The van der Waals surface area contributed by atoms with Crippen molar-refractivity contribution in [3.63, 3.8) is 0 Å². The van der Waals surface area contributed by atoms with E-state index >= 15 is 0 Å². The maximum atomic E-state index is 5.96. The Morgan fingerprint density at radius 2 is 1.88 bits per heavy atom. The average Bonchev–Trinajstić information content (AvgIpc) is 2.64. The molecule has 0 unspecified atom stereocenters. The van der Waals surface area contributed by atoms with Crippen molar-refractivity contribution in [3.8, 4) is 0 Å². The molecule has 0 bridgehead atoms. The molecule has 0 saturated carbocycles. The van der Waals surface area contributed by atoms with Crippen LogP contribution in [0.4, 0.5) is 0 Å². The number of rotatable bonds is 11. The van der Waals surface area contributed by atoms with Gasteiger partial charge in [0.25, 0.3) is 0 Å². The standard InChI is InChI=1S/C23H40N2O/c1-5-25(6-2)17-10-15-24-16-13-22(20-11-8-7-9-12-20)21-14-18-26-23(3,4)19-21/h7-9,11-12,21-22,24H,5-6,10,13-19H2,1-4H3/t21-,22-/m1/s1. The van der Waals surface area contributed by atoms with Crippen molar-refractivity contribution in [1.29, 1.82) is 0 Å². The predicted octanol–water partition coefficient (Wildman–Crippen LogP) is 4.69. The lowest BCUT2D eigenvalue weighted by Crippen LogP contribution is -2.37. The van der Waals surface area contributed by atoms with E-state index in [0.29, 0.717) is 5.92 Å². The maximum Gasteiger partial charge on any atom is 0.0629 e. The van der Waals surface area contributed by atoms with Gasteiger partial charge in [-0.15, -0.1) is 0 Å². The van der Waals surface area contributed by atoms with Gasteiger partial charge in [-0.2, -0.15) is 0 Å². The Balaban J connectivity index is 1.83. The molecular formula is C23H40N2O. The molecule has 1 aliphatic rings. The lowest BCUT2D eigenvalue weighted by molar-refractivity contribution is -0.0771. The van der Waals surface area contributed by atoms with E-state index in [1.807, 2.05) is 0 Å². The van der Waals surface area contributed by atoms with Crippen LogP contribution in [0.1, 0.15) is 64.9 Å². The molecular weight excluding hydrogens is 320 g/mol. The van der Waals surface area contributed by atoms with Crippen molar-refractivity contribution in [2.24, 2.45) is 5.92 Å². The molecule has 0 aromatic heterocycles. The van der Waals surface area contributed by atoms with E-state index in [9.17, 15) is 0 Å². The van der Waals surface area contributed by atoms with Gasteiger partial charge in [0.15, 0.2) is 0 Å². The number of hydrogen-bond acceptors (Lipinski definition) is 3. The zero-order chi connectivity index (χ0) is 18.8. The van der Waals surface area contributed by atoms with Crippen molar-refractivity contribution in [2.75, 3.05) is 39.3 Å². The number of ether oxygens (including phenoxy) is 1. The van der Waals surface area contributed by atoms with Gasteiger partial charge in [-0.1, -0.05) is 44.2 Å². The van der Waals surface area contributed by atoms with Crippen molar-refractivity contribution in [3.05, 3.63) is 35.9 Å². The highest BCUT2D eigenvalue weighted by atomic mass is 16.5. The van der Waals surface area contributed by atoms with Crippen LogP contribution >= 0.6 is 0 Å². The third kappa shape index (κ3) is 7.02. The highest BCUT2D eigenvalue weighted by Crippen LogP contribution is 2.39. The van der Waals surface area contributed by atoms with Crippen molar-refractivity contribution in [1.82, 2.24) is 10.2 Å². The normalized spacial score (nSPS) is 21.0. The predicted molar refractivity (Wildman–Crippen MR) is 112 cm³/mol. The molecule has 0 amide bonds. The monoisotopic (exact) mass is 360 g/mol. The van der Waals surface area contributed by atoms with Crippen LogP contribution < -0.4 is 5.32 Å². The maximum absolute atomic E-state index is 5.96. The van der Waals surface area contributed by atoms with E-state index in [2.05, 4.69) is 68.2 Å². The molecule has 1 aromatic rings. The van der Waals surface area contributed by atoms with Crippen LogP contribution in [0.5, 0.6) is 0 Å². The molecule has 148 valence electrons. The summed E-state index contributed by atoms with van der Waals surface area (Å²) < 4.78 is 5.96. The van der Waals surface area contributed by atoms with Gasteiger partial charge in [-0.3, -0.25) is 0 Å². The fourth-order valence-electron chi connectivity index (χ4n) is 4.35. The fourth-order valence-corrected chi connectivity index (χ4v) is 4.35. The minimum atomic E-state index is 0.0210. The van der Waals surface area contributed by atoms with Gasteiger partial charge in [0.2, 0.25) is 0 Å². The van der Waals surface area contributed by atoms with E-state index in [-0.39, 0.29) is 5.60 Å². The Kier molecular flexibility index (Phi) is 9.10. The molecule has 3 nitrogen and oxygen atoms in total. The summed E-state index contributed by atoms with van der Waals surface area (Å²) in [6.45, 7) is 15.6. The minimum absolute atomic E-state index is 0.0210. The Hall–Kier alpha value is -0.900. The van der Waals surface area contributed by atoms with Crippen molar-refractivity contribution < 1.29 is 4.74 Å². The Labute approximate surface area is 161 Å². The molecule has 1 aromatic carbocycles. The molecule has 1 heterocycles. The molecule has 1 saturated heterocycles. The molecule has 1 N–H and O–H groups in total. The second-order valence-corrected chi connectivity index (χ2v) is 8.30. The Morgan fingerprint density at radius 3 is 2.54 bits per heavy atom. The van der Waals surface area contributed by atoms with E-state index in [0.717, 1.165) is 45.1 Å². The highest BCUT2D eigenvalue weighted by molar-refractivity contribution is 5.20. The Morgan fingerprint density at radius 1 is 1.15 bits per heavy atom. The van der Waals surface area contributed by atoms with Crippen LogP contribution in [0.3, 0.4) is 0 Å². The first kappa shape index (κ1) is 21.4. The summed E-state index contributed by atoms with van der Waals surface area (Å²) in [5.74, 6) is 1.35. The van der Waals surface area contributed by atoms with E-state index in [1.165, 1.54) is 31.4 Å². The summed E-state index contributed by atoms with van der Waals surface area (Å²) in [5.41, 5.74) is 1.52. The molecule has 3 heteroatoms. The molecule has 2 atom stereocenters. The van der Waals surface area contributed by atoms with E-state index < -0.39 is 0 Å². The minimum Gasteiger partial charge on any atom is -0.376 e. The number of nitrogens with one attached hydrogen (secondary N) is 1. The largest absolute Gasteiger partial charge is 0.376 e. The molecule has 26 heavy (non-hydrogen) atoms. The molecule has 1 aliphatic heterocycles. The van der Waals surface area contributed by atoms with Crippen LogP contribution in [-0.4, -0.2) is 49.8 Å². The molecule has 0 spiro atoms. The molecule has 0 radical (unpaired) electrons. The van der Waals surface area contributed by atoms with E-state index in [1.54, 1.807) is 0 Å². The number of nitrogens with zero attached hydrogens (tertiary/aromatic N) is 1. The summed E-state index contributed by atoms with van der Waals surface area (Å²) >= 11 is 0. The van der Waals surface area contributed by atoms with Crippen LogP contribution in [0, 0.1) is 5.92 Å². The second kappa shape index (κ2) is 11.1. The first-order valence-electron chi connectivity index (χ1n) is 10.7.